The molecule has 0 heterocycles. The van der Waals surface area contributed by atoms with E-state index in [1.54, 1.807) is 0 Å². The first-order valence-electron chi connectivity index (χ1n) is 9.95. The molecule has 0 spiro atoms. The molecule has 2 aliphatic rings. The van der Waals surface area contributed by atoms with E-state index in [0.29, 0.717) is 18.8 Å². The maximum absolute atomic E-state index is 12.2. The number of carbonyl (C=O) groups is 2. The van der Waals surface area contributed by atoms with Gasteiger partial charge in [0.2, 0.25) is 0 Å². The van der Waals surface area contributed by atoms with E-state index in [2.05, 4.69) is 5.73 Å². The molecule has 2 atom stereocenters. The quantitative estimate of drug-likeness (QED) is 0.466. The van der Waals surface area contributed by atoms with Gasteiger partial charge in [-0.25, -0.2) is 0 Å². The molecule has 2 aliphatic carbocycles. The lowest BCUT2D eigenvalue weighted by Gasteiger charge is -2.36. The molecule has 1 fully saturated rings. The van der Waals surface area contributed by atoms with Crippen LogP contribution in [0.15, 0.2) is 29.5 Å². The molecule has 0 aromatic rings. The van der Waals surface area contributed by atoms with Crippen LogP contribution in [-0.4, -0.2) is 27.6 Å². The van der Waals surface area contributed by atoms with Gasteiger partial charge in [-0.15, -0.1) is 5.73 Å². The van der Waals surface area contributed by atoms with Crippen molar-refractivity contribution < 1.29 is 19.8 Å². The molecule has 4 nitrogen and oxygen atoms in total. The molecule has 2 N–H and O–H groups in total. The van der Waals surface area contributed by atoms with Crippen LogP contribution in [0.5, 0.6) is 0 Å². The second-order valence-electron chi connectivity index (χ2n) is 7.94. The van der Waals surface area contributed by atoms with Crippen molar-refractivity contribution in [3.8, 4) is 0 Å². The topological polar surface area (TPSA) is 74.6 Å². The lowest BCUT2D eigenvalue weighted by molar-refractivity contribution is -0.136. The first-order chi connectivity index (χ1) is 12.4. The van der Waals surface area contributed by atoms with Gasteiger partial charge in [-0.3, -0.25) is 9.59 Å². The van der Waals surface area contributed by atoms with E-state index in [-0.39, 0.29) is 18.1 Å². The van der Waals surface area contributed by atoms with E-state index in [9.17, 15) is 14.7 Å². The summed E-state index contributed by atoms with van der Waals surface area (Å²) in [4.78, 5) is 22.6. The molecule has 0 aliphatic heterocycles. The van der Waals surface area contributed by atoms with Gasteiger partial charge in [0.25, 0.3) is 0 Å². The molecule has 0 radical (unpaired) electrons. The Kier molecular flexibility index (Phi) is 7.86. The van der Waals surface area contributed by atoms with Crippen LogP contribution in [-0.2, 0) is 9.59 Å². The maximum atomic E-state index is 12.2. The molecule has 1 saturated carbocycles. The molecular formula is C22H32O4. The summed E-state index contributed by atoms with van der Waals surface area (Å²) in [6.07, 6.45) is 14.7. The Morgan fingerprint density at radius 3 is 2.73 bits per heavy atom. The number of ketones is 1. The van der Waals surface area contributed by atoms with Crippen molar-refractivity contribution in [3.63, 3.8) is 0 Å². The molecule has 0 unspecified atom stereocenters. The molecule has 144 valence electrons. The smallest absolute Gasteiger partial charge is 0.307 e. The average molecular weight is 360 g/mol. The fourth-order valence-corrected chi connectivity index (χ4v) is 4.23. The zero-order chi connectivity index (χ0) is 19.0. The predicted molar refractivity (Wildman–Crippen MR) is 102 cm³/mol. The second kappa shape index (κ2) is 9.89. The van der Waals surface area contributed by atoms with Crippen molar-refractivity contribution >= 4 is 11.8 Å². The van der Waals surface area contributed by atoms with Crippen LogP contribution in [0.2, 0.25) is 0 Å². The summed E-state index contributed by atoms with van der Waals surface area (Å²) in [6.45, 7) is 1.96. The van der Waals surface area contributed by atoms with Gasteiger partial charge in [0.1, 0.15) is 5.78 Å². The fraction of sp³-hybridized carbons (Fsp3) is 0.682. The third kappa shape index (κ3) is 6.26. The molecule has 2 rings (SSSR count). The molecule has 26 heavy (non-hydrogen) atoms. The summed E-state index contributed by atoms with van der Waals surface area (Å²) >= 11 is 0. The minimum absolute atomic E-state index is 0.0275. The van der Waals surface area contributed by atoms with Gasteiger partial charge in [0.05, 0.1) is 12.0 Å². The summed E-state index contributed by atoms with van der Waals surface area (Å²) in [5.41, 5.74) is 3.40. The van der Waals surface area contributed by atoms with E-state index in [4.69, 9.17) is 5.11 Å². The maximum Gasteiger partial charge on any atom is 0.307 e. The largest absolute Gasteiger partial charge is 0.481 e. The van der Waals surface area contributed by atoms with Crippen molar-refractivity contribution in [2.24, 2.45) is 11.8 Å². The Morgan fingerprint density at radius 1 is 1.31 bits per heavy atom. The number of hydrogen-bond donors (Lipinski definition) is 2. The minimum Gasteiger partial charge on any atom is -0.481 e. The summed E-state index contributed by atoms with van der Waals surface area (Å²) in [5.74, 6) is -0.267. The Morgan fingerprint density at radius 2 is 2.04 bits per heavy atom. The third-order valence-electron chi connectivity index (χ3n) is 5.92. The highest BCUT2D eigenvalue weighted by Gasteiger charge is 2.34. The number of carboxylic acids is 1. The number of hydrogen-bond acceptors (Lipinski definition) is 3. The van der Waals surface area contributed by atoms with Crippen LogP contribution >= 0.6 is 0 Å². The highest BCUT2D eigenvalue weighted by atomic mass is 16.4. The normalized spacial score (nSPS) is 23.1. The van der Waals surface area contributed by atoms with E-state index in [1.807, 2.05) is 19.1 Å². The van der Waals surface area contributed by atoms with Gasteiger partial charge >= 0.3 is 5.97 Å². The van der Waals surface area contributed by atoms with Crippen LogP contribution in [0, 0.1) is 11.8 Å². The minimum atomic E-state index is -0.868. The van der Waals surface area contributed by atoms with E-state index in [1.165, 1.54) is 30.9 Å². The average Bonchev–Trinajstić information content (AvgIpc) is 2.97. The van der Waals surface area contributed by atoms with E-state index >= 15 is 0 Å². The number of Topliss-reactive ketones (excluding diaryl/α,β-unsaturated/α-hetero) is 1. The highest BCUT2D eigenvalue weighted by molar-refractivity contribution is 5.88. The van der Waals surface area contributed by atoms with E-state index < -0.39 is 11.6 Å². The monoisotopic (exact) mass is 360 g/mol. The van der Waals surface area contributed by atoms with Gasteiger partial charge < -0.3 is 10.2 Å². The van der Waals surface area contributed by atoms with Crippen LogP contribution in [0.1, 0.15) is 77.6 Å². The third-order valence-corrected chi connectivity index (χ3v) is 5.92. The number of aliphatic hydroxyl groups is 1. The molecule has 0 aromatic carbocycles. The van der Waals surface area contributed by atoms with Gasteiger partial charge in [-0.2, -0.15) is 0 Å². The SMILES string of the molecule is C[C@](O)(CCC1=CCC(=O)[C@@H]1CCC=C=CCC(=O)O)C1CCCCC1. The second-order valence-corrected chi connectivity index (χ2v) is 7.94. The summed E-state index contributed by atoms with van der Waals surface area (Å²) < 4.78 is 0. The van der Waals surface area contributed by atoms with Crippen LogP contribution in [0.3, 0.4) is 0 Å². The standard InChI is InChI=1S/C22H32O4/c1-22(26,18-9-5-4-6-10-18)16-15-17-13-14-20(23)19(17)11-7-2-3-8-12-21(24)25/h2,8,13,18-19,26H,4-7,9-12,14-16H2,1H3,(H,24,25)/t3?,19-,22+/m1/s1. The zero-order valence-corrected chi connectivity index (χ0v) is 15.9. The first kappa shape index (κ1) is 20.7. The van der Waals surface area contributed by atoms with Gasteiger partial charge in [0, 0.05) is 12.3 Å². The van der Waals surface area contributed by atoms with Crippen LogP contribution in [0.4, 0.5) is 0 Å². The number of carboxylic acid groups (broad SMARTS) is 1. The number of carbonyl (C=O) groups excluding carboxylic acids is 1. The Hall–Kier alpha value is -1.64. The lowest BCUT2D eigenvalue weighted by Crippen LogP contribution is -2.36. The van der Waals surface area contributed by atoms with Gasteiger partial charge in [0.15, 0.2) is 0 Å². The predicted octanol–water partition coefficient (Wildman–Crippen LogP) is 4.58. The van der Waals surface area contributed by atoms with Crippen LogP contribution < -0.4 is 0 Å². The summed E-state index contributed by atoms with van der Waals surface area (Å²) in [7, 11) is 0. The fourth-order valence-electron chi connectivity index (χ4n) is 4.23. The van der Waals surface area contributed by atoms with Crippen molar-refractivity contribution in [2.45, 2.75) is 83.2 Å². The van der Waals surface area contributed by atoms with Crippen molar-refractivity contribution in [1.29, 1.82) is 0 Å². The number of aliphatic carboxylic acids is 1. The highest BCUT2D eigenvalue weighted by Crippen LogP contribution is 2.38. The van der Waals surface area contributed by atoms with Gasteiger partial charge in [-0.05, 0) is 63.5 Å². The Bertz CT molecular complexity index is 587. The molecular weight excluding hydrogens is 328 g/mol. The van der Waals surface area contributed by atoms with E-state index in [0.717, 1.165) is 32.1 Å². The zero-order valence-electron chi connectivity index (χ0n) is 15.9. The summed E-state index contributed by atoms with van der Waals surface area (Å²) in [6, 6.07) is 0. The Balaban J connectivity index is 1.82. The first-order valence-corrected chi connectivity index (χ1v) is 9.95. The molecule has 0 amide bonds. The number of rotatable bonds is 9. The Labute approximate surface area is 156 Å². The van der Waals surface area contributed by atoms with Gasteiger partial charge in [-0.1, -0.05) is 30.9 Å². The molecule has 0 aromatic heterocycles. The molecule has 4 heteroatoms. The van der Waals surface area contributed by atoms with Crippen molar-refractivity contribution in [1.82, 2.24) is 0 Å². The van der Waals surface area contributed by atoms with Crippen molar-refractivity contribution in [2.75, 3.05) is 0 Å². The van der Waals surface area contributed by atoms with Crippen molar-refractivity contribution in [3.05, 3.63) is 29.5 Å². The molecule has 0 bridgehead atoms. The summed E-state index contributed by atoms with van der Waals surface area (Å²) in [5, 5.41) is 19.5. The number of allylic oxidation sites excluding steroid dienone is 2. The lowest BCUT2D eigenvalue weighted by atomic mass is 9.75. The van der Waals surface area contributed by atoms with Crippen LogP contribution in [0.25, 0.3) is 0 Å². The molecule has 0 saturated heterocycles.